The topological polar surface area (TPSA) is 68.7 Å². The summed E-state index contributed by atoms with van der Waals surface area (Å²) in [4.78, 5) is 3.96. The molecule has 2 rings (SSSR count). The van der Waals surface area contributed by atoms with Gasteiger partial charge in [-0.3, -0.25) is 4.98 Å². The van der Waals surface area contributed by atoms with Gasteiger partial charge in [-0.1, -0.05) is 0 Å². The van der Waals surface area contributed by atoms with Gasteiger partial charge in [0.1, 0.15) is 4.90 Å². The summed E-state index contributed by atoms with van der Waals surface area (Å²) < 4.78 is 35.8. The highest BCUT2D eigenvalue weighted by atomic mass is 32.2. The fourth-order valence-electron chi connectivity index (χ4n) is 1.50. The van der Waals surface area contributed by atoms with E-state index in [1.807, 2.05) is 0 Å². The van der Waals surface area contributed by atoms with Crippen LogP contribution in [0.25, 0.3) is 0 Å². The molecular formula is C10H14N2O4S. The van der Waals surface area contributed by atoms with Crippen molar-refractivity contribution in [2.24, 2.45) is 0 Å². The van der Waals surface area contributed by atoms with E-state index in [-0.39, 0.29) is 11.4 Å². The molecule has 0 atom stereocenters. The predicted octanol–water partition coefficient (Wildman–Crippen LogP) is 0.0750. The first-order chi connectivity index (χ1) is 8.10. The summed E-state index contributed by atoms with van der Waals surface area (Å²) in [6.45, 7) is 1.19. The van der Waals surface area contributed by atoms with Gasteiger partial charge in [-0.25, -0.2) is 8.42 Å². The minimum absolute atomic E-state index is 0.167. The van der Waals surface area contributed by atoms with E-state index in [4.69, 9.17) is 9.47 Å². The molecule has 0 aromatic carbocycles. The van der Waals surface area contributed by atoms with Crippen LogP contribution in [0.2, 0.25) is 0 Å². The third-order valence-electron chi connectivity index (χ3n) is 2.44. The molecule has 0 N–H and O–H groups in total. The predicted molar refractivity (Wildman–Crippen MR) is 59.7 cm³/mol. The van der Waals surface area contributed by atoms with E-state index >= 15 is 0 Å². The molecule has 1 aromatic rings. The van der Waals surface area contributed by atoms with Crippen molar-refractivity contribution in [3.8, 4) is 0 Å². The van der Waals surface area contributed by atoms with Crippen molar-refractivity contribution in [2.45, 2.75) is 11.2 Å². The number of likely N-dealkylation sites (N-methyl/N-ethyl adjacent to an activating group) is 1. The van der Waals surface area contributed by atoms with Crippen LogP contribution in [0.1, 0.15) is 0 Å². The van der Waals surface area contributed by atoms with E-state index in [0.29, 0.717) is 13.2 Å². The van der Waals surface area contributed by atoms with Crippen LogP contribution < -0.4 is 0 Å². The zero-order chi connectivity index (χ0) is 12.3. The first-order valence-electron chi connectivity index (χ1n) is 5.20. The van der Waals surface area contributed by atoms with Crippen molar-refractivity contribution in [3.63, 3.8) is 0 Å². The summed E-state index contributed by atoms with van der Waals surface area (Å²) in [5.41, 5.74) is 0. The highest BCUT2D eigenvalue weighted by molar-refractivity contribution is 7.89. The standard InChI is InChI=1S/C10H14N2O4S/c1-12(8-10-15-5-6-16-10)17(13,14)9-3-2-4-11-7-9/h2-4,7,10H,5-6,8H2,1H3. The minimum atomic E-state index is -3.52. The Balaban J connectivity index is 2.09. The number of ether oxygens (including phenoxy) is 2. The highest BCUT2D eigenvalue weighted by Gasteiger charge is 2.26. The van der Waals surface area contributed by atoms with E-state index in [2.05, 4.69) is 4.98 Å². The normalized spacial score (nSPS) is 17.8. The van der Waals surface area contributed by atoms with Crippen LogP contribution in [0.5, 0.6) is 0 Å². The molecule has 94 valence electrons. The Morgan fingerprint density at radius 2 is 2.18 bits per heavy atom. The highest BCUT2D eigenvalue weighted by Crippen LogP contribution is 2.14. The van der Waals surface area contributed by atoms with Gasteiger partial charge in [0.2, 0.25) is 10.0 Å². The van der Waals surface area contributed by atoms with Gasteiger partial charge in [-0.15, -0.1) is 0 Å². The van der Waals surface area contributed by atoms with Crippen molar-refractivity contribution in [1.82, 2.24) is 9.29 Å². The largest absolute Gasteiger partial charge is 0.349 e. The van der Waals surface area contributed by atoms with E-state index in [0.717, 1.165) is 0 Å². The number of sulfonamides is 1. The average molecular weight is 258 g/mol. The van der Waals surface area contributed by atoms with Crippen molar-refractivity contribution < 1.29 is 17.9 Å². The van der Waals surface area contributed by atoms with Crippen LogP contribution in [0, 0.1) is 0 Å². The Hall–Kier alpha value is -1.02. The Kier molecular flexibility index (Phi) is 3.72. The zero-order valence-electron chi connectivity index (χ0n) is 9.44. The van der Waals surface area contributed by atoms with Gasteiger partial charge in [0, 0.05) is 19.4 Å². The molecule has 6 nitrogen and oxygen atoms in total. The average Bonchev–Trinajstić information content (AvgIpc) is 2.83. The zero-order valence-corrected chi connectivity index (χ0v) is 10.3. The molecule has 0 aliphatic carbocycles. The second-order valence-electron chi connectivity index (χ2n) is 3.65. The Labute approximate surface area is 100 Å². The van der Waals surface area contributed by atoms with Crippen molar-refractivity contribution in [1.29, 1.82) is 0 Å². The van der Waals surface area contributed by atoms with Gasteiger partial charge in [-0.05, 0) is 12.1 Å². The second kappa shape index (κ2) is 5.09. The van der Waals surface area contributed by atoms with E-state index < -0.39 is 16.3 Å². The quantitative estimate of drug-likeness (QED) is 0.764. The number of aromatic nitrogens is 1. The van der Waals surface area contributed by atoms with E-state index in [9.17, 15) is 8.42 Å². The van der Waals surface area contributed by atoms with E-state index in [1.165, 1.54) is 29.8 Å². The van der Waals surface area contributed by atoms with Crippen LogP contribution >= 0.6 is 0 Å². The van der Waals surface area contributed by atoms with Crippen LogP contribution in [0.15, 0.2) is 29.4 Å². The maximum Gasteiger partial charge on any atom is 0.244 e. The van der Waals surface area contributed by atoms with Gasteiger partial charge in [0.05, 0.1) is 19.8 Å². The lowest BCUT2D eigenvalue weighted by Crippen LogP contribution is -2.34. The lowest BCUT2D eigenvalue weighted by Gasteiger charge is -2.19. The van der Waals surface area contributed by atoms with Crippen LogP contribution in [-0.2, 0) is 19.5 Å². The Morgan fingerprint density at radius 3 is 2.76 bits per heavy atom. The summed E-state index contributed by atoms with van der Waals surface area (Å²) in [6, 6.07) is 3.10. The maximum absolute atomic E-state index is 12.1. The molecule has 0 spiro atoms. The third-order valence-corrected chi connectivity index (χ3v) is 4.25. The SMILES string of the molecule is CN(CC1OCCO1)S(=O)(=O)c1cccnc1. The maximum atomic E-state index is 12.1. The number of rotatable bonds is 4. The van der Waals surface area contributed by atoms with Gasteiger partial charge in [0.25, 0.3) is 0 Å². The fourth-order valence-corrected chi connectivity index (χ4v) is 2.62. The van der Waals surface area contributed by atoms with Gasteiger partial charge >= 0.3 is 0 Å². The molecule has 0 bridgehead atoms. The molecule has 0 amide bonds. The van der Waals surface area contributed by atoms with Crippen LogP contribution in [0.4, 0.5) is 0 Å². The van der Waals surface area contributed by atoms with Gasteiger partial charge in [0.15, 0.2) is 6.29 Å². The molecule has 1 aromatic heterocycles. The summed E-state index contributed by atoms with van der Waals surface area (Å²) in [5, 5.41) is 0. The number of pyridine rings is 1. The monoisotopic (exact) mass is 258 g/mol. The first kappa shape index (κ1) is 12.4. The lowest BCUT2D eigenvalue weighted by molar-refractivity contribution is -0.0482. The number of nitrogens with zero attached hydrogens (tertiary/aromatic N) is 2. The molecular weight excluding hydrogens is 244 g/mol. The number of hydrogen-bond donors (Lipinski definition) is 0. The Bertz CT molecular complexity index is 456. The lowest BCUT2D eigenvalue weighted by atomic mass is 10.5. The van der Waals surface area contributed by atoms with Crippen LogP contribution in [0.3, 0.4) is 0 Å². The molecule has 7 heteroatoms. The van der Waals surface area contributed by atoms with Gasteiger partial charge in [-0.2, -0.15) is 4.31 Å². The summed E-state index contributed by atoms with van der Waals surface area (Å²) in [7, 11) is -2.02. The van der Waals surface area contributed by atoms with E-state index in [1.54, 1.807) is 6.07 Å². The van der Waals surface area contributed by atoms with Crippen LogP contribution in [-0.4, -0.2) is 50.8 Å². The molecule has 1 aliphatic rings. The molecule has 2 heterocycles. The van der Waals surface area contributed by atoms with Crippen molar-refractivity contribution >= 4 is 10.0 Å². The molecule has 0 radical (unpaired) electrons. The summed E-state index contributed by atoms with van der Waals surface area (Å²) in [6.07, 6.45) is 2.37. The summed E-state index contributed by atoms with van der Waals surface area (Å²) >= 11 is 0. The molecule has 17 heavy (non-hydrogen) atoms. The second-order valence-corrected chi connectivity index (χ2v) is 5.69. The molecule has 0 saturated carbocycles. The van der Waals surface area contributed by atoms with Crippen molar-refractivity contribution in [2.75, 3.05) is 26.8 Å². The minimum Gasteiger partial charge on any atom is -0.349 e. The van der Waals surface area contributed by atoms with Gasteiger partial charge < -0.3 is 9.47 Å². The molecule has 1 aliphatic heterocycles. The first-order valence-corrected chi connectivity index (χ1v) is 6.64. The molecule has 1 fully saturated rings. The number of hydrogen-bond acceptors (Lipinski definition) is 5. The fraction of sp³-hybridized carbons (Fsp3) is 0.500. The third kappa shape index (κ3) is 2.81. The molecule has 0 unspecified atom stereocenters. The summed E-state index contributed by atoms with van der Waals surface area (Å²) in [5.74, 6) is 0. The molecule has 1 saturated heterocycles. The Morgan fingerprint density at radius 1 is 1.47 bits per heavy atom. The smallest absolute Gasteiger partial charge is 0.244 e. The van der Waals surface area contributed by atoms with Crippen molar-refractivity contribution in [3.05, 3.63) is 24.5 Å².